The van der Waals surface area contributed by atoms with E-state index in [-0.39, 0.29) is 5.52 Å². The van der Waals surface area contributed by atoms with Gasteiger partial charge in [-0.2, -0.15) is 13.2 Å². The highest BCUT2D eigenvalue weighted by atomic mass is 32.2. The number of alkyl halides is 3. The van der Waals surface area contributed by atoms with Crippen LogP contribution in [-0.4, -0.2) is 15.0 Å². The lowest BCUT2D eigenvalue weighted by molar-refractivity contribution is -0.137. The molecule has 0 fully saturated rings. The summed E-state index contributed by atoms with van der Waals surface area (Å²) in [6.07, 6.45) is -2.63. The second kappa shape index (κ2) is 8.39. The molecule has 0 aliphatic rings. The molecule has 0 saturated heterocycles. The van der Waals surface area contributed by atoms with Crippen LogP contribution in [0.2, 0.25) is 0 Å². The maximum Gasteiger partial charge on any atom is 0.416 e. The summed E-state index contributed by atoms with van der Waals surface area (Å²) < 4.78 is 44.5. The number of hydrogen-bond donors (Lipinski definition) is 1. The maximum atomic E-state index is 12.9. The van der Waals surface area contributed by atoms with Crippen LogP contribution in [0.4, 0.5) is 13.2 Å². The normalized spacial score (nSPS) is 11.7. The number of aryl methyl sites for hydroxylation is 1. The van der Waals surface area contributed by atoms with Crippen LogP contribution in [0.5, 0.6) is 5.75 Å². The first-order valence-corrected chi connectivity index (χ1v) is 10.2. The maximum absolute atomic E-state index is 12.9. The Morgan fingerprint density at radius 3 is 2.63 bits per heavy atom. The lowest BCUT2D eigenvalue weighted by Gasteiger charge is -2.10. The van der Waals surface area contributed by atoms with Gasteiger partial charge in [0.15, 0.2) is 5.16 Å². The number of hydrogen-bond acceptors (Lipinski definition) is 4. The van der Waals surface area contributed by atoms with Crippen molar-refractivity contribution in [3.63, 3.8) is 0 Å². The van der Waals surface area contributed by atoms with Gasteiger partial charge in [-0.1, -0.05) is 42.1 Å². The molecule has 1 N–H and O–H groups in total. The minimum Gasteiger partial charge on any atom is -0.489 e. The third kappa shape index (κ3) is 4.76. The molecule has 30 heavy (non-hydrogen) atoms. The number of benzene rings is 2. The minimum absolute atomic E-state index is 0.288. The van der Waals surface area contributed by atoms with Crippen LogP contribution in [0.1, 0.15) is 22.4 Å². The van der Waals surface area contributed by atoms with Crippen molar-refractivity contribution in [2.24, 2.45) is 0 Å². The smallest absolute Gasteiger partial charge is 0.416 e. The van der Waals surface area contributed by atoms with Crippen LogP contribution >= 0.6 is 11.8 Å². The monoisotopic (exact) mass is 429 g/mol. The van der Waals surface area contributed by atoms with Crippen LogP contribution in [0.3, 0.4) is 0 Å². The molecule has 0 spiro atoms. The Balaban J connectivity index is 1.44. The summed E-state index contributed by atoms with van der Waals surface area (Å²) in [5.74, 6) is 1.26. The molecule has 0 radical (unpaired) electrons. The number of H-pyrrole nitrogens is 1. The molecule has 2 aromatic carbocycles. The molecule has 0 atom stereocenters. The molecule has 0 unspecified atom stereocenters. The molecule has 0 bridgehead atoms. The molecular formula is C22H18F3N3OS. The van der Waals surface area contributed by atoms with Crippen LogP contribution in [-0.2, 0) is 18.5 Å². The number of rotatable bonds is 6. The fourth-order valence-corrected chi connectivity index (χ4v) is 3.67. The van der Waals surface area contributed by atoms with Crippen molar-refractivity contribution in [1.29, 1.82) is 0 Å². The first-order valence-electron chi connectivity index (χ1n) is 9.20. The van der Waals surface area contributed by atoms with Gasteiger partial charge in [0.05, 0.1) is 22.3 Å². The first kappa shape index (κ1) is 20.3. The van der Waals surface area contributed by atoms with E-state index < -0.39 is 11.7 Å². The van der Waals surface area contributed by atoms with Gasteiger partial charge in [0.25, 0.3) is 0 Å². The van der Waals surface area contributed by atoms with Crippen LogP contribution in [0.15, 0.2) is 66.0 Å². The SMILES string of the molecule is Cc1cnc(CSc2nc3cc(C(F)(F)F)ccc3[nH]2)cc1OCc1ccccc1. The summed E-state index contributed by atoms with van der Waals surface area (Å²) in [6, 6.07) is 15.3. The number of aromatic amines is 1. The van der Waals surface area contributed by atoms with Crippen LogP contribution in [0.25, 0.3) is 11.0 Å². The summed E-state index contributed by atoms with van der Waals surface area (Å²) >= 11 is 1.38. The lowest BCUT2D eigenvalue weighted by atomic mass is 10.2. The topological polar surface area (TPSA) is 50.8 Å². The highest BCUT2D eigenvalue weighted by molar-refractivity contribution is 7.98. The molecule has 0 amide bonds. The summed E-state index contributed by atoms with van der Waals surface area (Å²) in [5, 5.41) is 0.540. The predicted molar refractivity (Wildman–Crippen MR) is 110 cm³/mol. The van der Waals surface area contributed by atoms with Crippen molar-refractivity contribution < 1.29 is 17.9 Å². The molecule has 2 heterocycles. The van der Waals surface area contributed by atoms with E-state index in [2.05, 4.69) is 15.0 Å². The van der Waals surface area contributed by atoms with E-state index in [0.29, 0.717) is 23.0 Å². The number of nitrogens with one attached hydrogen (secondary N) is 1. The molecule has 154 valence electrons. The number of fused-ring (bicyclic) bond motifs is 1. The third-order valence-electron chi connectivity index (χ3n) is 4.49. The zero-order chi connectivity index (χ0) is 21.1. The fraction of sp³-hybridized carbons (Fsp3) is 0.182. The fourth-order valence-electron chi connectivity index (χ4n) is 2.88. The minimum atomic E-state index is -4.39. The van der Waals surface area contributed by atoms with Gasteiger partial charge in [-0.25, -0.2) is 4.98 Å². The van der Waals surface area contributed by atoms with Gasteiger partial charge >= 0.3 is 6.18 Å². The Morgan fingerprint density at radius 1 is 1.07 bits per heavy atom. The van der Waals surface area contributed by atoms with E-state index in [1.165, 1.54) is 17.8 Å². The van der Waals surface area contributed by atoms with Gasteiger partial charge in [-0.05, 0) is 30.7 Å². The lowest BCUT2D eigenvalue weighted by Crippen LogP contribution is -2.04. The number of ether oxygens (including phenoxy) is 1. The molecule has 0 aliphatic carbocycles. The molecular weight excluding hydrogens is 411 g/mol. The number of pyridine rings is 1. The summed E-state index contributed by atoms with van der Waals surface area (Å²) in [7, 11) is 0. The van der Waals surface area contributed by atoms with Gasteiger partial charge in [-0.15, -0.1) is 0 Å². The molecule has 4 rings (SSSR count). The Morgan fingerprint density at radius 2 is 1.87 bits per heavy atom. The van der Waals surface area contributed by atoms with E-state index in [4.69, 9.17) is 4.74 Å². The van der Waals surface area contributed by atoms with Gasteiger partial charge in [0, 0.05) is 23.6 Å². The van der Waals surface area contributed by atoms with Gasteiger partial charge in [0.2, 0.25) is 0 Å². The number of thioether (sulfide) groups is 1. The molecule has 2 aromatic heterocycles. The largest absolute Gasteiger partial charge is 0.489 e. The molecule has 4 nitrogen and oxygen atoms in total. The Kier molecular flexibility index (Phi) is 5.67. The molecule has 8 heteroatoms. The predicted octanol–water partition coefficient (Wildman–Crippen LogP) is 6.16. The Hall–Kier alpha value is -3.00. The summed E-state index contributed by atoms with van der Waals surface area (Å²) in [5.41, 5.74) is 2.95. The Bertz CT molecular complexity index is 1160. The number of imidazole rings is 1. The zero-order valence-corrected chi connectivity index (χ0v) is 16.8. The van der Waals surface area contributed by atoms with E-state index in [1.807, 2.05) is 43.3 Å². The van der Waals surface area contributed by atoms with Gasteiger partial charge in [-0.3, -0.25) is 4.98 Å². The standard InChI is InChI=1S/C22H18F3N3OS/c1-14-11-26-17(10-20(14)29-12-15-5-3-2-4-6-15)13-30-21-27-18-8-7-16(22(23,24)25)9-19(18)28-21/h2-11H,12-13H2,1H3,(H,27,28). The van der Waals surface area contributed by atoms with Crippen LogP contribution in [0, 0.1) is 6.92 Å². The third-order valence-corrected chi connectivity index (χ3v) is 5.40. The van der Waals surface area contributed by atoms with E-state index in [0.717, 1.165) is 34.7 Å². The molecule has 0 aliphatic heterocycles. The van der Waals surface area contributed by atoms with E-state index in [9.17, 15) is 13.2 Å². The quantitative estimate of drug-likeness (QED) is 0.373. The number of halogens is 3. The van der Waals surface area contributed by atoms with E-state index in [1.54, 1.807) is 6.20 Å². The summed E-state index contributed by atoms with van der Waals surface area (Å²) in [4.78, 5) is 11.7. The van der Waals surface area contributed by atoms with Crippen molar-refractivity contribution in [2.45, 2.75) is 30.6 Å². The highest BCUT2D eigenvalue weighted by Gasteiger charge is 2.30. The second-order valence-corrected chi connectivity index (χ2v) is 7.74. The average Bonchev–Trinajstić information content (AvgIpc) is 3.14. The number of nitrogens with zero attached hydrogens (tertiary/aromatic N) is 2. The van der Waals surface area contributed by atoms with E-state index >= 15 is 0 Å². The molecule has 4 aromatic rings. The number of aromatic nitrogens is 3. The average molecular weight is 429 g/mol. The van der Waals surface area contributed by atoms with Crippen molar-refractivity contribution in [3.8, 4) is 5.75 Å². The first-order chi connectivity index (χ1) is 14.4. The van der Waals surface area contributed by atoms with Crippen molar-refractivity contribution in [1.82, 2.24) is 15.0 Å². The second-order valence-electron chi connectivity index (χ2n) is 6.78. The van der Waals surface area contributed by atoms with Gasteiger partial charge < -0.3 is 9.72 Å². The molecule has 0 saturated carbocycles. The van der Waals surface area contributed by atoms with Crippen LogP contribution < -0.4 is 4.74 Å². The van der Waals surface area contributed by atoms with Crippen molar-refractivity contribution in [3.05, 3.63) is 83.2 Å². The van der Waals surface area contributed by atoms with Crippen molar-refractivity contribution >= 4 is 22.8 Å². The van der Waals surface area contributed by atoms with Crippen molar-refractivity contribution in [2.75, 3.05) is 0 Å². The zero-order valence-electron chi connectivity index (χ0n) is 16.0. The Labute approximate surface area is 175 Å². The van der Waals surface area contributed by atoms with Gasteiger partial charge in [0.1, 0.15) is 12.4 Å². The summed E-state index contributed by atoms with van der Waals surface area (Å²) in [6.45, 7) is 2.39. The highest BCUT2D eigenvalue weighted by Crippen LogP contribution is 2.32.